The summed E-state index contributed by atoms with van der Waals surface area (Å²) < 4.78 is 2.83. The molecule has 5 N–H and O–H groups in total. The fourth-order valence-electron chi connectivity index (χ4n) is 0.444. The van der Waals surface area contributed by atoms with E-state index in [2.05, 4.69) is 22.1 Å². The second-order valence-electron chi connectivity index (χ2n) is 1.81. The Labute approximate surface area is 84.4 Å². The van der Waals surface area contributed by atoms with Gasteiger partial charge in [-0.05, 0) is 0 Å². The van der Waals surface area contributed by atoms with Crippen molar-refractivity contribution in [3.8, 4) is 0 Å². The predicted molar refractivity (Wildman–Crippen MR) is 43.9 cm³/mol. The van der Waals surface area contributed by atoms with Gasteiger partial charge < -0.3 is 0 Å². The van der Waals surface area contributed by atoms with Crippen molar-refractivity contribution >= 4 is 30.4 Å². The molecular formula is C4H8I2N3O2-. The molecule has 0 aliphatic rings. The van der Waals surface area contributed by atoms with Crippen molar-refractivity contribution in [2.45, 2.75) is 12.5 Å². The molecular weight excluding hydrogens is 376 g/mol. The van der Waals surface area contributed by atoms with Crippen LogP contribution in [0.3, 0.4) is 0 Å². The summed E-state index contributed by atoms with van der Waals surface area (Å²) in [5, 5.41) is 0. The van der Waals surface area contributed by atoms with Crippen molar-refractivity contribution in [2.75, 3.05) is 0 Å². The Balaban J connectivity index is 3.89. The predicted octanol–water partition coefficient (Wildman–Crippen LogP) is -4.34. The number of amides is 2. The van der Waals surface area contributed by atoms with Crippen LogP contribution in [0.4, 0.5) is 0 Å². The number of nitrogens with one attached hydrogen (secondary N) is 1. The molecule has 0 bridgehead atoms. The van der Waals surface area contributed by atoms with Gasteiger partial charge in [0.15, 0.2) is 0 Å². The number of hydrogen-bond donors (Lipinski definition) is 3. The molecule has 0 aliphatic heterocycles. The van der Waals surface area contributed by atoms with Gasteiger partial charge in [-0.25, -0.2) is 0 Å². The average molecular weight is 384 g/mol. The van der Waals surface area contributed by atoms with Gasteiger partial charge in [0.1, 0.15) is 0 Å². The third-order valence-electron chi connectivity index (χ3n) is 0.922. The Kier molecular flexibility index (Phi) is 6.14. The summed E-state index contributed by atoms with van der Waals surface area (Å²) in [6, 6.07) is -0.586. The Hall–Kier alpha value is 0.360. The third-order valence-corrected chi connectivity index (χ3v) is 3.49. The number of primary amides is 2. The molecule has 0 aliphatic carbocycles. The van der Waals surface area contributed by atoms with E-state index in [4.69, 9.17) is 11.5 Å². The molecule has 2 amide bonds. The fraction of sp³-hybridized carbons (Fsp3) is 0.500. The van der Waals surface area contributed by atoms with Gasteiger partial charge in [0.05, 0.1) is 0 Å². The topological polar surface area (TPSA) is 98.2 Å². The van der Waals surface area contributed by atoms with Crippen LogP contribution in [0, 0.1) is 0 Å². The Morgan fingerprint density at radius 1 is 1.55 bits per heavy atom. The SMILES string of the molecule is NC(=O)C[C@H](N[I-]I)C(N)=O. The van der Waals surface area contributed by atoms with Crippen LogP contribution < -0.4 is 32.5 Å². The van der Waals surface area contributed by atoms with E-state index in [9.17, 15) is 9.59 Å². The summed E-state index contributed by atoms with van der Waals surface area (Å²) in [6.07, 6.45) is -0.0158. The van der Waals surface area contributed by atoms with Crippen molar-refractivity contribution < 1.29 is 27.1 Å². The molecule has 0 rings (SSSR count). The number of carbonyl (C=O) groups is 2. The first-order valence-corrected chi connectivity index (χ1v) is 10.0. The third kappa shape index (κ3) is 5.61. The van der Waals surface area contributed by atoms with E-state index in [-0.39, 0.29) is 23.9 Å². The first-order valence-electron chi connectivity index (χ1n) is 2.66. The minimum atomic E-state index is -0.586. The van der Waals surface area contributed by atoms with E-state index in [1.54, 1.807) is 0 Å². The first-order chi connectivity index (χ1) is 5.07. The number of hydrogen-bond acceptors (Lipinski definition) is 3. The average Bonchev–Trinajstić information content (AvgIpc) is 1.86. The minimum absolute atomic E-state index is 0.0158. The maximum atomic E-state index is 10.6. The quantitative estimate of drug-likeness (QED) is 0.330. The molecule has 0 aromatic heterocycles. The molecule has 0 aromatic carbocycles. The van der Waals surface area contributed by atoms with Crippen molar-refractivity contribution in [3.63, 3.8) is 0 Å². The van der Waals surface area contributed by atoms with Gasteiger partial charge in [0.25, 0.3) is 0 Å². The second kappa shape index (κ2) is 5.94. The van der Waals surface area contributed by atoms with E-state index in [1.165, 1.54) is 0 Å². The van der Waals surface area contributed by atoms with Crippen LogP contribution in [0.15, 0.2) is 0 Å². The number of rotatable bonds is 5. The molecule has 11 heavy (non-hydrogen) atoms. The van der Waals surface area contributed by atoms with Crippen LogP contribution in [0.5, 0.6) is 0 Å². The van der Waals surface area contributed by atoms with Gasteiger partial charge in [-0.2, -0.15) is 0 Å². The normalized spacial score (nSPS) is 12.8. The monoisotopic (exact) mass is 384 g/mol. The molecule has 0 heterocycles. The van der Waals surface area contributed by atoms with Gasteiger partial charge >= 0.3 is 85.0 Å². The molecule has 0 spiro atoms. The Morgan fingerprint density at radius 2 is 2.09 bits per heavy atom. The summed E-state index contributed by atoms with van der Waals surface area (Å²) in [5.41, 5.74) is 9.86. The summed E-state index contributed by atoms with van der Waals surface area (Å²) >= 11 is 1.83. The standard InChI is InChI=1S/C4H8I2N3O2/c5-6-9-2(4(8)11)1-3(7)10/h2,9H,1H2,(H2,7,10)(H2,8,11)/q-1/t2-/m0/s1. The first kappa shape index (κ1) is 11.4. The summed E-state index contributed by atoms with van der Waals surface area (Å²) in [5.74, 6) is -1.05. The summed E-state index contributed by atoms with van der Waals surface area (Å²) in [7, 11) is 0. The van der Waals surface area contributed by atoms with Crippen molar-refractivity contribution in [1.29, 1.82) is 0 Å². The zero-order chi connectivity index (χ0) is 8.85. The van der Waals surface area contributed by atoms with Crippen LogP contribution in [0.2, 0.25) is 0 Å². The molecule has 0 aromatic rings. The Morgan fingerprint density at radius 3 is 2.36 bits per heavy atom. The summed E-state index contributed by atoms with van der Waals surface area (Å²) in [4.78, 5) is 21.0. The van der Waals surface area contributed by atoms with Crippen LogP contribution >= 0.6 is 18.6 Å². The van der Waals surface area contributed by atoms with Gasteiger partial charge in [0, 0.05) is 0 Å². The van der Waals surface area contributed by atoms with Crippen molar-refractivity contribution in [3.05, 3.63) is 0 Å². The molecule has 5 nitrogen and oxygen atoms in total. The maximum absolute atomic E-state index is 10.6. The van der Waals surface area contributed by atoms with Gasteiger partial charge in [-0.15, -0.1) is 0 Å². The van der Waals surface area contributed by atoms with Crippen molar-refractivity contribution in [2.24, 2.45) is 11.5 Å². The molecule has 0 saturated heterocycles. The van der Waals surface area contributed by atoms with E-state index in [0.29, 0.717) is 0 Å². The number of halogens is 2. The van der Waals surface area contributed by atoms with E-state index in [1.807, 2.05) is 0 Å². The Bertz CT molecular complexity index is 163. The number of carbonyl (C=O) groups excluding carboxylic acids is 2. The van der Waals surface area contributed by atoms with Crippen LogP contribution in [0.1, 0.15) is 6.42 Å². The molecule has 0 unspecified atom stereocenters. The molecule has 0 fully saturated rings. The van der Waals surface area contributed by atoms with Gasteiger partial charge in [-0.3, -0.25) is 0 Å². The van der Waals surface area contributed by atoms with Crippen LogP contribution in [-0.4, -0.2) is 17.9 Å². The van der Waals surface area contributed by atoms with Gasteiger partial charge in [0.2, 0.25) is 0 Å². The van der Waals surface area contributed by atoms with Crippen LogP contribution in [-0.2, 0) is 9.59 Å². The van der Waals surface area contributed by atoms with Crippen molar-refractivity contribution in [1.82, 2.24) is 3.53 Å². The molecule has 1 atom stereocenters. The molecule has 7 heteroatoms. The van der Waals surface area contributed by atoms with E-state index >= 15 is 0 Å². The molecule has 0 radical (unpaired) electrons. The van der Waals surface area contributed by atoms with Gasteiger partial charge in [-0.1, -0.05) is 0 Å². The van der Waals surface area contributed by atoms with E-state index < -0.39 is 17.9 Å². The molecule has 0 saturated carbocycles. The van der Waals surface area contributed by atoms with Crippen LogP contribution in [0.25, 0.3) is 0 Å². The number of nitrogens with two attached hydrogens (primary N) is 2. The molecule has 66 valence electrons. The zero-order valence-electron chi connectivity index (χ0n) is 5.51. The fourth-order valence-corrected chi connectivity index (χ4v) is 3.16. The zero-order valence-corrected chi connectivity index (χ0v) is 9.83. The van der Waals surface area contributed by atoms with E-state index in [0.717, 1.165) is 0 Å². The second-order valence-corrected chi connectivity index (χ2v) is 5.57. The summed E-state index contributed by atoms with van der Waals surface area (Å²) in [6.45, 7) is 0.